The van der Waals surface area contributed by atoms with E-state index in [1.165, 1.54) is 6.42 Å². The van der Waals surface area contributed by atoms with Crippen molar-refractivity contribution in [3.8, 4) is 0 Å². The average Bonchev–Trinajstić information content (AvgIpc) is 2.61. The molecule has 1 saturated heterocycles. The highest BCUT2D eigenvalue weighted by Crippen LogP contribution is 2.25. The number of nitrogens with two attached hydrogens (primary N) is 1. The van der Waals surface area contributed by atoms with Crippen LogP contribution in [-0.2, 0) is 0 Å². The van der Waals surface area contributed by atoms with Crippen molar-refractivity contribution in [2.24, 2.45) is 11.7 Å². The molecule has 1 fully saturated rings. The van der Waals surface area contributed by atoms with E-state index in [0.29, 0.717) is 18.5 Å². The third kappa shape index (κ3) is 1.57. The summed E-state index contributed by atoms with van der Waals surface area (Å²) in [6, 6.07) is 2.23. The van der Waals surface area contributed by atoms with Gasteiger partial charge in [0.25, 0.3) is 0 Å². The Bertz CT molecular complexity index is 287. The Labute approximate surface area is 84.2 Å². The van der Waals surface area contributed by atoms with E-state index in [1.54, 1.807) is 12.4 Å². The number of hydrogen-bond donors (Lipinski definition) is 1. The molecule has 1 aliphatic heterocycles. The van der Waals surface area contributed by atoms with Crippen molar-refractivity contribution < 1.29 is 0 Å². The molecule has 2 atom stereocenters. The van der Waals surface area contributed by atoms with Crippen LogP contribution in [0, 0.1) is 5.92 Å². The van der Waals surface area contributed by atoms with E-state index in [-0.39, 0.29) is 0 Å². The van der Waals surface area contributed by atoms with Crippen molar-refractivity contribution in [1.29, 1.82) is 0 Å². The highest BCUT2D eigenvalue weighted by Gasteiger charge is 2.31. The Hall–Kier alpha value is -1.16. The molecule has 0 aliphatic carbocycles. The monoisotopic (exact) mass is 192 g/mol. The predicted octanol–water partition coefficient (Wildman–Crippen LogP) is 0.650. The molecule has 0 saturated carbocycles. The first-order valence-corrected chi connectivity index (χ1v) is 5.06. The zero-order valence-electron chi connectivity index (χ0n) is 8.43. The Morgan fingerprint density at radius 1 is 1.50 bits per heavy atom. The average molecular weight is 192 g/mol. The second kappa shape index (κ2) is 3.92. The zero-order valence-corrected chi connectivity index (χ0v) is 8.43. The summed E-state index contributed by atoms with van der Waals surface area (Å²) in [4.78, 5) is 10.7. The summed E-state index contributed by atoms with van der Waals surface area (Å²) in [5.41, 5.74) is 5.75. The van der Waals surface area contributed by atoms with Crippen molar-refractivity contribution in [2.75, 3.05) is 18.0 Å². The highest BCUT2D eigenvalue weighted by atomic mass is 15.3. The molecule has 76 valence electrons. The van der Waals surface area contributed by atoms with Crippen molar-refractivity contribution in [2.45, 2.75) is 19.4 Å². The van der Waals surface area contributed by atoms with E-state index in [4.69, 9.17) is 5.73 Å². The van der Waals surface area contributed by atoms with Crippen molar-refractivity contribution in [1.82, 2.24) is 9.97 Å². The fourth-order valence-electron chi connectivity index (χ4n) is 2.06. The molecule has 2 heterocycles. The topological polar surface area (TPSA) is 55.0 Å². The number of nitrogens with zero attached hydrogens (tertiary/aromatic N) is 3. The minimum atomic E-state index is 0.400. The number of aromatic nitrogens is 2. The summed E-state index contributed by atoms with van der Waals surface area (Å²) >= 11 is 0. The smallest absolute Gasteiger partial charge is 0.225 e. The molecular formula is C10H16N4. The fourth-order valence-corrected chi connectivity index (χ4v) is 2.06. The second-order valence-corrected chi connectivity index (χ2v) is 3.81. The van der Waals surface area contributed by atoms with Crippen molar-refractivity contribution in [3.63, 3.8) is 0 Å². The van der Waals surface area contributed by atoms with Gasteiger partial charge in [-0.1, -0.05) is 6.92 Å². The lowest BCUT2D eigenvalue weighted by Crippen LogP contribution is -2.39. The molecule has 0 spiro atoms. The van der Waals surface area contributed by atoms with Crippen molar-refractivity contribution in [3.05, 3.63) is 18.5 Å². The van der Waals surface area contributed by atoms with Crippen LogP contribution in [0.15, 0.2) is 18.5 Å². The van der Waals surface area contributed by atoms with Crippen LogP contribution in [0.4, 0.5) is 5.95 Å². The van der Waals surface area contributed by atoms with E-state index >= 15 is 0 Å². The molecule has 0 amide bonds. The van der Waals surface area contributed by atoms with E-state index in [9.17, 15) is 0 Å². The van der Waals surface area contributed by atoms with Gasteiger partial charge >= 0.3 is 0 Å². The highest BCUT2D eigenvalue weighted by molar-refractivity contribution is 5.33. The van der Waals surface area contributed by atoms with Crippen LogP contribution < -0.4 is 10.6 Å². The van der Waals surface area contributed by atoms with Crippen LogP contribution in [0.3, 0.4) is 0 Å². The molecule has 2 unspecified atom stereocenters. The maximum Gasteiger partial charge on any atom is 0.225 e. The van der Waals surface area contributed by atoms with E-state index in [2.05, 4.69) is 21.8 Å². The first-order chi connectivity index (χ1) is 6.83. The molecule has 2 rings (SSSR count). The van der Waals surface area contributed by atoms with Crippen LogP contribution in [0.5, 0.6) is 0 Å². The molecule has 4 nitrogen and oxygen atoms in total. The molecule has 1 aromatic heterocycles. The third-order valence-electron chi connectivity index (χ3n) is 2.93. The fraction of sp³-hybridized carbons (Fsp3) is 0.600. The molecule has 0 aromatic carbocycles. The van der Waals surface area contributed by atoms with Crippen LogP contribution in [0.25, 0.3) is 0 Å². The van der Waals surface area contributed by atoms with Gasteiger partial charge in [-0.25, -0.2) is 9.97 Å². The van der Waals surface area contributed by atoms with Crippen LogP contribution in [0.2, 0.25) is 0 Å². The number of rotatable bonds is 2. The van der Waals surface area contributed by atoms with Gasteiger partial charge in [0, 0.05) is 31.5 Å². The lowest BCUT2D eigenvalue weighted by atomic mass is 10.0. The van der Waals surface area contributed by atoms with Gasteiger partial charge in [0.05, 0.1) is 0 Å². The van der Waals surface area contributed by atoms with E-state index in [0.717, 1.165) is 12.5 Å². The lowest BCUT2D eigenvalue weighted by Gasteiger charge is -2.25. The molecule has 4 heteroatoms. The van der Waals surface area contributed by atoms with Gasteiger partial charge in [-0.15, -0.1) is 0 Å². The van der Waals surface area contributed by atoms with Gasteiger partial charge < -0.3 is 10.6 Å². The van der Waals surface area contributed by atoms with E-state index in [1.807, 2.05) is 6.07 Å². The Kier molecular flexibility index (Phi) is 2.63. The Balaban J connectivity index is 2.19. The summed E-state index contributed by atoms with van der Waals surface area (Å²) in [6.07, 6.45) is 4.73. The molecule has 2 N–H and O–H groups in total. The second-order valence-electron chi connectivity index (χ2n) is 3.81. The normalized spacial score (nSPS) is 26.9. The van der Waals surface area contributed by atoms with Crippen LogP contribution >= 0.6 is 0 Å². The number of anilines is 1. The Morgan fingerprint density at radius 2 is 2.21 bits per heavy atom. The summed E-state index contributed by atoms with van der Waals surface area (Å²) in [6.45, 7) is 3.94. The van der Waals surface area contributed by atoms with Crippen molar-refractivity contribution >= 4 is 5.95 Å². The molecule has 0 bridgehead atoms. The maximum absolute atomic E-state index is 5.75. The predicted molar refractivity (Wildman–Crippen MR) is 56.0 cm³/mol. The first kappa shape index (κ1) is 9.40. The first-order valence-electron chi connectivity index (χ1n) is 5.06. The van der Waals surface area contributed by atoms with Crippen LogP contribution in [-0.4, -0.2) is 29.1 Å². The quantitative estimate of drug-likeness (QED) is 0.747. The van der Waals surface area contributed by atoms with Gasteiger partial charge in [-0.2, -0.15) is 0 Å². The number of hydrogen-bond acceptors (Lipinski definition) is 4. The maximum atomic E-state index is 5.75. The summed E-state index contributed by atoms with van der Waals surface area (Å²) in [5, 5.41) is 0. The SMILES string of the molecule is CC1CCN(c2ncccn2)C1CN. The lowest BCUT2D eigenvalue weighted by molar-refractivity contribution is 0.515. The molecule has 0 radical (unpaired) electrons. The molecule has 1 aromatic rings. The minimum Gasteiger partial charge on any atom is -0.336 e. The zero-order chi connectivity index (χ0) is 9.97. The summed E-state index contributed by atoms with van der Waals surface area (Å²) in [7, 11) is 0. The van der Waals surface area contributed by atoms with Gasteiger partial charge in [0.15, 0.2) is 0 Å². The Morgan fingerprint density at radius 3 is 2.86 bits per heavy atom. The van der Waals surface area contributed by atoms with Gasteiger partial charge in [0.1, 0.15) is 0 Å². The molecular weight excluding hydrogens is 176 g/mol. The third-order valence-corrected chi connectivity index (χ3v) is 2.93. The van der Waals surface area contributed by atoms with Gasteiger partial charge in [-0.3, -0.25) is 0 Å². The minimum absolute atomic E-state index is 0.400. The molecule has 14 heavy (non-hydrogen) atoms. The largest absolute Gasteiger partial charge is 0.336 e. The molecule has 1 aliphatic rings. The standard InChI is InChI=1S/C10H16N4/c1-8-3-6-14(9(8)7-11)10-12-4-2-5-13-10/h2,4-5,8-9H,3,6-7,11H2,1H3. The van der Waals surface area contributed by atoms with Gasteiger partial charge in [-0.05, 0) is 18.4 Å². The summed E-state index contributed by atoms with van der Waals surface area (Å²) in [5.74, 6) is 1.45. The van der Waals surface area contributed by atoms with E-state index < -0.39 is 0 Å². The van der Waals surface area contributed by atoms with Crippen LogP contribution in [0.1, 0.15) is 13.3 Å². The van der Waals surface area contributed by atoms with Gasteiger partial charge in [0.2, 0.25) is 5.95 Å². The summed E-state index contributed by atoms with van der Waals surface area (Å²) < 4.78 is 0.